The molecule has 4 aliphatic rings. The molecule has 0 aromatic rings. The molecule has 0 aromatic heterocycles. The lowest BCUT2D eigenvalue weighted by Crippen LogP contribution is -2.65. The summed E-state index contributed by atoms with van der Waals surface area (Å²) in [5.74, 6) is -2.92. The molecule has 0 aromatic carbocycles. The monoisotopic (exact) mass is 614 g/mol. The van der Waals surface area contributed by atoms with Gasteiger partial charge >= 0.3 is 6.03 Å². The molecule has 4 amide bonds. The van der Waals surface area contributed by atoms with Crippen molar-refractivity contribution in [2.24, 2.45) is 34.5 Å². The molecule has 44 heavy (non-hydrogen) atoms. The molecule has 4 N–H and O–H groups in total. The zero-order chi connectivity index (χ0) is 32.9. The maximum atomic E-state index is 14.5. The van der Waals surface area contributed by atoms with E-state index in [1.165, 1.54) is 12.5 Å². The molecule has 2 bridgehead atoms. The van der Waals surface area contributed by atoms with Crippen molar-refractivity contribution in [3.8, 4) is 0 Å². The Balaban J connectivity index is 1.85. The Kier molecular flexibility index (Phi) is 11.9. The first-order chi connectivity index (χ1) is 20.6. The molecule has 248 valence electrons. The van der Waals surface area contributed by atoms with Crippen LogP contribution < -0.4 is 21.3 Å². The third kappa shape index (κ3) is 7.92. The molecule has 0 spiro atoms. The summed E-state index contributed by atoms with van der Waals surface area (Å²) in [6, 6.07) is -2.08. The summed E-state index contributed by atoms with van der Waals surface area (Å²) in [6.45, 7) is 17.9. The van der Waals surface area contributed by atoms with Gasteiger partial charge in [0.1, 0.15) is 0 Å². The lowest BCUT2D eigenvalue weighted by molar-refractivity contribution is -0.170. The molecule has 9 heteroatoms. The van der Waals surface area contributed by atoms with Gasteiger partial charge in [-0.15, -0.1) is 6.58 Å². The minimum absolute atomic E-state index is 0.0355. The molecule has 9 nitrogen and oxygen atoms in total. The molecule has 6 atom stereocenters. The number of hydrogen-bond acceptors (Lipinski definition) is 5. The van der Waals surface area contributed by atoms with Crippen LogP contribution in [0.4, 0.5) is 4.79 Å². The van der Waals surface area contributed by atoms with Gasteiger partial charge in [0.2, 0.25) is 11.7 Å². The average Bonchev–Trinajstić information content (AvgIpc) is 2.97. The summed E-state index contributed by atoms with van der Waals surface area (Å²) in [4.78, 5) is 67.6. The summed E-state index contributed by atoms with van der Waals surface area (Å²) in [6.07, 6.45) is 10.9. The van der Waals surface area contributed by atoms with Gasteiger partial charge in [-0.3, -0.25) is 19.2 Å². The summed E-state index contributed by atoms with van der Waals surface area (Å²) in [7, 11) is 0. The maximum Gasteiger partial charge on any atom is 0.315 e. The summed E-state index contributed by atoms with van der Waals surface area (Å²) in [5.41, 5.74) is -0.957. The highest BCUT2D eigenvalue weighted by Crippen LogP contribution is 2.63. The van der Waals surface area contributed by atoms with Crippen molar-refractivity contribution in [3.63, 3.8) is 0 Å². The van der Waals surface area contributed by atoms with E-state index in [1.54, 1.807) is 0 Å². The van der Waals surface area contributed by atoms with Crippen LogP contribution in [0.1, 0.15) is 119 Å². The van der Waals surface area contributed by atoms with E-state index < -0.39 is 41.0 Å². The molecular formula is C35H58N4O5. The Morgan fingerprint density at radius 1 is 0.955 bits per heavy atom. The Morgan fingerprint density at radius 3 is 2.16 bits per heavy atom. The van der Waals surface area contributed by atoms with E-state index in [9.17, 15) is 24.0 Å². The van der Waals surface area contributed by atoms with Crippen molar-refractivity contribution in [2.75, 3.05) is 6.54 Å². The lowest BCUT2D eigenvalue weighted by atomic mass is 9.42. The van der Waals surface area contributed by atoms with Gasteiger partial charge in [-0.25, -0.2) is 4.79 Å². The Hall–Kier alpha value is -2.71. The van der Waals surface area contributed by atoms with Gasteiger partial charge in [0.15, 0.2) is 5.78 Å². The minimum atomic E-state index is -0.971. The van der Waals surface area contributed by atoms with Gasteiger partial charge < -0.3 is 21.3 Å². The van der Waals surface area contributed by atoms with Crippen LogP contribution in [-0.4, -0.2) is 53.6 Å². The van der Waals surface area contributed by atoms with Crippen LogP contribution in [0.5, 0.6) is 0 Å². The smallest absolute Gasteiger partial charge is 0.315 e. The third-order valence-corrected chi connectivity index (χ3v) is 10.8. The normalized spacial score (nSPS) is 26.6. The fraction of sp³-hybridized carbons (Fsp3) is 0.800. The van der Waals surface area contributed by atoms with Crippen molar-refractivity contribution in [2.45, 2.75) is 137 Å². The van der Waals surface area contributed by atoms with Gasteiger partial charge in [-0.05, 0) is 61.2 Å². The van der Waals surface area contributed by atoms with E-state index >= 15 is 0 Å². The fourth-order valence-corrected chi connectivity index (χ4v) is 8.17. The largest absolute Gasteiger partial charge is 0.346 e. The van der Waals surface area contributed by atoms with E-state index in [1.807, 2.05) is 27.7 Å². The molecular weight excluding hydrogens is 556 g/mol. The third-order valence-electron chi connectivity index (χ3n) is 10.8. The Labute approximate surface area is 264 Å². The number of fused-ring (bicyclic) bond motifs is 2. The van der Waals surface area contributed by atoms with Crippen molar-refractivity contribution in [3.05, 3.63) is 12.7 Å². The first kappa shape index (κ1) is 35.8. The highest BCUT2D eigenvalue weighted by atomic mass is 16.2. The maximum absolute atomic E-state index is 14.5. The highest BCUT2D eigenvalue weighted by Gasteiger charge is 2.62. The van der Waals surface area contributed by atoms with E-state index in [2.05, 4.69) is 48.6 Å². The number of amides is 4. The lowest BCUT2D eigenvalue weighted by Gasteiger charge is -2.62. The molecule has 4 rings (SSSR count). The zero-order valence-electron chi connectivity index (χ0n) is 28.3. The molecule has 0 saturated heterocycles. The van der Waals surface area contributed by atoms with E-state index in [4.69, 9.17) is 0 Å². The number of nitrogens with one attached hydrogen (secondary N) is 4. The minimum Gasteiger partial charge on any atom is -0.346 e. The quantitative estimate of drug-likeness (QED) is 0.157. The van der Waals surface area contributed by atoms with E-state index in [0.29, 0.717) is 25.2 Å². The average molecular weight is 615 g/mol. The van der Waals surface area contributed by atoms with E-state index in [-0.39, 0.29) is 41.1 Å². The number of urea groups is 1. The Morgan fingerprint density at radius 2 is 1.61 bits per heavy atom. The SMILES string of the molecule is C=CCNC(=O)C(=O)C(CCC)NC(=O)C1C(C(=O)[C@@H](NC(=O)NC2(CCC)CCCCC2)C(C)(C)C)C[C@H]2C[C@@H]1C2(C)C. The summed E-state index contributed by atoms with van der Waals surface area (Å²) in [5, 5.41) is 11.7. The Bertz CT molecular complexity index is 1080. The van der Waals surface area contributed by atoms with Crippen LogP contribution in [-0.2, 0) is 19.2 Å². The molecule has 3 unspecified atom stereocenters. The van der Waals surface area contributed by atoms with Gasteiger partial charge in [0.05, 0.1) is 18.0 Å². The second-order valence-corrected chi connectivity index (χ2v) is 15.3. The molecule has 0 aliphatic heterocycles. The van der Waals surface area contributed by atoms with Gasteiger partial charge in [0, 0.05) is 18.0 Å². The number of rotatable bonds is 14. The van der Waals surface area contributed by atoms with Crippen LogP contribution >= 0.6 is 0 Å². The molecule has 0 radical (unpaired) electrons. The van der Waals surface area contributed by atoms with Crippen LogP contribution in [0.2, 0.25) is 0 Å². The number of carbonyl (C=O) groups excluding carboxylic acids is 5. The van der Waals surface area contributed by atoms with Crippen molar-refractivity contribution in [1.82, 2.24) is 21.3 Å². The predicted molar refractivity (Wildman–Crippen MR) is 173 cm³/mol. The molecule has 0 heterocycles. The van der Waals surface area contributed by atoms with Crippen molar-refractivity contribution in [1.29, 1.82) is 0 Å². The van der Waals surface area contributed by atoms with Crippen LogP contribution in [0, 0.1) is 34.5 Å². The van der Waals surface area contributed by atoms with Crippen LogP contribution in [0.15, 0.2) is 12.7 Å². The van der Waals surface area contributed by atoms with Crippen molar-refractivity contribution >= 4 is 29.4 Å². The second-order valence-electron chi connectivity index (χ2n) is 15.3. The molecule has 4 aliphatic carbocycles. The topological polar surface area (TPSA) is 133 Å². The van der Waals surface area contributed by atoms with E-state index in [0.717, 1.165) is 44.9 Å². The number of Topliss-reactive ketones (excluding diaryl/α,β-unsaturated/α-hetero) is 2. The molecule has 4 fully saturated rings. The van der Waals surface area contributed by atoms with Gasteiger partial charge in [0.25, 0.3) is 5.91 Å². The number of hydrogen-bond donors (Lipinski definition) is 4. The summed E-state index contributed by atoms with van der Waals surface area (Å²) >= 11 is 0. The van der Waals surface area contributed by atoms with Crippen LogP contribution in [0.25, 0.3) is 0 Å². The first-order valence-corrected chi connectivity index (χ1v) is 17.0. The van der Waals surface area contributed by atoms with Crippen LogP contribution in [0.3, 0.4) is 0 Å². The standard InChI is InChI=1S/C35H58N4O5/c1-9-15-25(28(41)31(43)36-19-11-3)37-30(42)26-23(20-22-21-24(26)34(22,7)8)27(40)29(33(4,5)6)38-32(44)39-35(16-10-2)17-13-12-14-18-35/h11,22-26,29H,3,9-10,12-21H2,1-2,4-8H3,(H,36,43)(H,37,42)(H2,38,39,44)/t22-,23?,24-,25?,26?,29+/m0/s1. The number of ketones is 2. The fourth-order valence-electron chi connectivity index (χ4n) is 8.17. The van der Waals surface area contributed by atoms with Gasteiger partial charge in [-0.2, -0.15) is 0 Å². The highest BCUT2D eigenvalue weighted by molar-refractivity contribution is 6.38. The van der Waals surface area contributed by atoms with Crippen molar-refractivity contribution < 1.29 is 24.0 Å². The van der Waals surface area contributed by atoms with Gasteiger partial charge in [-0.1, -0.05) is 86.6 Å². The first-order valence-electron chi connectivity index (χ1n) is 17.0. The predicted octanol–water partition coefficient (Wildman–Crippen LogP) is 5.23. The summed E-state index contributed by atoms with van der Waals surface area (Å²) < 4.78 is 0. The number of carbonyl (C=O) groups is 5. The second kappa shape index (κ2) is 14.6. The molecule has 4 saturated carbocycles. The zero-order valence-corrected chi connectivity index (χ0v) is 28.3.